The highest BCUT2D eigenvalue weighted by atomic mass is 16.2. The summed E-state index contributed by atoms with van der Waals surface area (Å²) in [6, 6.07) is 7.82. The molecule has 3 aromatic rings. The van der Waals surface area contributed by atoms with Crippen molar-refractivity contribution in [3.8, 4) is 0 Å². The third-order valence-electron chi connectivity index (χ3n) is 4.83. The fraction of sp³-hybridized carbons (Fsp3) is 0.368. The summed E-state index contributed by atoms with van der Waals surface area (Å²) in [5.74, 6) is 1.92. The number of fused-ring (bicyclic) bond motifs is 1. The molecule has 0 atom stereocenters. The van der Waals surface area contributed by atoms with Crippen LogP contribution in [0.1, 0.15) is 40.3 Å². The molecule has 0 aromatic carbocycles. The van der Waals surface area contributed by atoms with Crippen molar-refractivity contribution in [2.24, 2.45) is 0 Å². The summed E-state index contributed by atoms with van der Waals surface area (Å²) in [6.45, 7) is 4.10. The summed E-state index contributed by atoms with van der Waals surface area (Å²) in [5.41, 5.74) is 2.85. The van der Waals surface area contributed by atoms with Gasteiger partial charge in [0.2, 0.25) is 0 Å². The number of carbonyl (C=O) groups excluding carboxylic acids is 1. The van der Waals surface area contributed by atoms with Crippen molar-refractivity contribution in [2.45, 2.75) is 32.7 Å². The third-order valence-corrected chi connectivity index (χ3v) is 4.83. The van der Waals surface area contributed by atoms with Crippen molar-refractivity contribution < 1.29 is 4.79 Å². The molecule has 4 heterocycles. The number of nitrogens with one attached hydrogen (secondary N) is 1. The van der Waals surface area contributed by atoms with Gasteiger partial charge < -0.3 is 14.5 Å². The van der Waals surface area contributed by atoms with Gasteiger partial charge in [-0.25, -0.2) is 0 Å². The second-order valence-corrected chi connectivity index (χ2v) is 6.52. The normalized spacial score (nSPS) is 14.1. The Labute approximate surface area is 152 Å². The number of pyridine rings is 1. The first-order valence-corrected chi connectivity index (χ1v) is 9.01. The molecule has 0 unspecified atom stereocenters. The van der Waals surface area contributed by atoms with Crippen LogP contribution in [-0.4, -0.2) is 48.6 Å². The molecule has 0 spiro atoms. The first-order valence-electron chi connectivity index (χ1n) is 9.01. The van der Waals surface area contributed by atoms with E-state index in [4.69, 9.17) is 0 Å². The molecule has 0 saturated heterocycles. The second-order valence-electron chi connectivity index (χ2n) is 6.52. The van der Waals surface area contributed by atoms with Crippen LogP contribution in [0.25, 0.3) is 0 Å². The topological polar surface area (TPSA) is 79.7 Å². The zero-order valence-electron chi connectivity index (χ0n) is 14.9. The summed E-state index contributed by atoms with van der Waals surface area (Å²) < 4.78 is 2.15. The Balaban J connectivity index is 1.48. The standard InChI is InChI=1S/C19H22N6O/c1-2-15-5-6-16(21-15)19(26)24-9-7-17-22-23-18(25(17)11-10-24)12-14-4-3-8-20-13-14/h3-6,8,13,21H,2,7,9-12H2,1H3. The van der Waals surface area contributed by atoms with Crippen molar-refractivity contribution >= 4 is 5.91 Å². The lowest BCUT2D eigenvalue weighted by atomic mass is 10.2. The lowest BCUT2D eigenvalue weighted by Gasteiger charge is -2.19. The smallest absolute Gasteiger partial charge is 0.270 e. The van der Waals surface area contributed by atoms with Gasteiger partial charge in [0.25, 0.3) is 5.91 Å². The molecule has 7 heteroatoms. The predicted octanol–water partition coefficient (Wildman–Crippen LogP) is 1.85. The van der Waals surface area contributed by atoms with Crippen LogP contribution in [-0.2, 0) is 25.8 Å². The van der Waals surface area contributed by atoms with E-state index in [1.807, 2.05) is 35.4 Å². The van der Waals surface area contributed by atoms with Gasteiger partial charge in [-0.05, 0) is 30.2 Å². The number of H-pyrrole nitrogens is 1. The average molecular weight is 350 g/mol. The maximum atomic E-state index is 12.8. The van der Waals surface area contributed by atoms with Crippen molar-refractivity contribution in [3.05, 3.63) is 65.3 Å². The molecule has 1 aliphatic heterocycles. The average Bonchev–Trinajstić information content (AvgIpc) is 3.24. The Morgan fingerprint density at radius 2 is 2.12 bits per heavy atom. The zero-order chi connectivity index (χ0) is 17.9. The van der Waals surface area contributed by atoms with E-state index >= 15 is 0 Å². The van der Waals surface area contributed by atoms with Crippen LogP contribution in [0.5, 0.6) is 0 Å². The molecule has 7 nitrogen and oxygen atoms in total. The lowest BCUT2D eigenvalue weighted by Crippen LogP contribution is -2.34. The van der Waals surface area contributed by atoms with Crippen LogP contribution in [0.15, 0.2) is 36.7 Å². The van der Waals surface area contributed by atoms with Crippen LogP contribution in [0, 0.1) is 0 Å². The molecule has 134 valence electrons. The number of carbonyl (C=O) groups is 1. The van der Waals surface area contributed by atoms with Gasteiger partial charge in [-0.1, -0.05) is 13.0 Å². The summed E-state index contributed by atoms with van der Waals surface area (Å²) in [4.78, 5) is 22.0. The number of hydrogen-bond donors (Lipinski definition) is 1. The van der Waals surface area contributed by atoms with E-state index in [-0.39, 0.29) is 5.91 Å². The fourth-order valence-corrected chi connectivity index (χ4v) is 3.34. The van der Waals surface area contributed by atoms with Crippen molar-refractivity contribution in [1.29, 1.82) is 0 Å². The van der Waals surface area contributed by atoms with Gasteiger partial charge in [0.1, 0.15) is 17.3 Å². The molecule has 1 N–H and O–H groups in total. The number of aryl methyl sites for hydroxylation is 1. The minimum absolute atomic E-state index is 0.0530. The highest BCUT2D eigenvalue weighted by molar-refractivity contribution is 5.92. The Morgan fingerprint density at radius 3 is 2.88 bits per heavy atom. The largest absolute Gasteiger partial charge is 0.354 e. The zero-order valence-corrected chi connectivity index (χ0v) is 14.9. The molecule has 0 radical (unpaired) electrons. The van der Waals surface area contributed by atoms with Crippen molar-refractivity contribution in [3.63, 3.8) is 0 Å². The molecular weight excluding hydrogens is 328 g/mol. The summed E-state index contributed by atoms with van der Waals surface area (Å²) in [5, 5.41) is 8.70. The summed E-state index contributed by atoms with van der Waals surface area (Å²) in [7, 11) is 0. The van der Waals surface area contributed by atoms with Gasteiger partial charge in [-0.15, -0.1) is 10.2 Å². The van der Waals surface area contributed by atoms with Gasteiger partial charge in [0.15, 0.2) is 0 Å². The highest BCUT2D eigenvalue weighted by Gasteiger charge is 2.23. The molecule has 0 saturated carbocycles. The van der Waals surface area contributed by atoms with Crippen molar-refractivity contribution in [2.75, 3.05) is 13.1 Å². The van der Waals surface area contributed by atoms with E-state index in [0.29, 0.717) is 38.2 Å². The monoisotopic (exact) mass is 350 g/mol. The molecule has 0 bridgehead atoms. The third kappa shape index (κ3) is 3.24. The first-order chi connectivity index (χ1) is 12.7. The van der Waals surface area contributed by atoms with Gasteiger partial charge in [-0.3, -0.25) is 9.78 Å². The molecule has 0 aliphatic carbocycles. The molecule has 26 heavy (non-hydrogen) atoms. The molecular formula is C19H22N6O. The number of aromatic amines is 1. The molecule has 1 amide bonds. The van der Waals surface area contributed by atoms with E-state index in [1.165, 1.54) is 0 Å². The maximum absolute atomic E-state index is 12.8. The second kappa shape index (κ2) is 7.11. The molecule has 3 aromatic heterocycles. The first kappa shape index (κ1) is 16.5. The van der Waals surface area contributed by atoms with Crippen LogP contribution >= 0.6 is 0 Å². The van der Waals surface area contributed by atoms with Crippen LogP contribution < -0.4 is 0 Å². The number of amides is 1. The predicted molar refractivity (Wildman–Crippen MR) is 96.8 cm³/mol. The maximum Gasteiger partial charge on any atom is 0.270 e. The molecule has 0 fully saturated rings. The Morgan fingerprint density at radius 1 is 1.19 bits per heavy atom. The SMILES string of the molecule is CCc1ccc(C(=O)N2CCc3nnc(Cc4cccnc4)n3CC2)[nH]1. The van der Waals surface area contributed by atoms with E-state index in [0.717, 1.165) is 29.3 Å². The van der Waals surface area contributed by atoms with Gasteiger partial charge in [-0.2, -0.15) is 0 Å². The van der Waals surface area contributed by atoms with Gasteiger partial charge >= 0.3 is 0 Å². The molecule has 1 aliphatic rings. The minimum atomic E-state index is 0.0530. The number of rotatable bonds is 4. The molecule has 4 rings (SSSR count). The van der Waals surface area contributed by atoms with Crippen LogP contribution in [0.4, 0.5) is 0 Å². The Kier molecular flexibility index (Phi) is 4.51. The summed E-state index contributed by atoms with van der Waals surface area (Å²) >= 11 is 0. The minimum Gasteiger partial charge on any atom is -0.354 e. The van der Waals surface area contributed by atoms with E-state index in [9.17, 15) is 4.79 Å². The van der Waals surface area contributed by atoms with Gasteiger partial charge in [0.05, 0.1) is 0 Å². The number of hydrogen-bond acceptors (Lipinski definition) is 4. The Hall–Kier alpha value is -2.96. The van der Waals surface area contributed by atoms with E-state index in [1.54, 1.807) is 6.20 Å². The number of nitrogens with zero attached hydrogens (tertiary/aromatic N) is 5. The summed E-state index contributed by atoms with van der Waals surface area (Å²) in [6.07, 6.45) is 5.93. The highest BCUT2D eigenvalue weighted by Crippen LogP contribution is 2.15. The van der Waals surface area contributed by atoms with Crippen LogP contribution in [0.2, 0.25) is 0 Å². The number of aromatic nitrogens is 5. The fourth-order valence-electron chi connectivity index (χ4n) is 3.34. The quantitative estimate of drug-likeness (QED) is 0.779. The van der Waals surface area contributed by atoms with E-state index in [2.05, 4.69) is 31.7 Å². The Bertz CT molecular complexity index is 898. The van der Waals surface area contributed by atoms with Gasteiger partial charge in [0, 0.05) is 50.6 Å². The van der Waals surface area contributed by atoms with E-state index < -0.39 is 0 Å². The lowest BCUT2D eigenvalue weighted by molar-refractivity contribution is 0.0753. The van der Waals surface area contributed by atoms with Crippen molar-refractivity contribution in [1.82, 2.24) is 29.6 Å². The van der Waals surface area contributed by atoms with Crippen LogP contribution in [0.3, 0.4) is 0 Å².